The molecule has 1 aliphatic rings. The maximum Gasteiger partial charge on any atom is 0.253 e. The van der Waals surface area contributed by atoms with E-state index >= 15 is 0 Å². The predicted octanol–water partition coefficient (Wildman–Crippen LogP) is 4.07. The number of carbonyl (C=O) groups is 1. The van der Waals surface area contributed by atoms with E-state index in [0.29, 0.717) is 24.7 Å². The van der Waals surface area contributed by atoms with Crippen LogP contribution in [-0.2, 0) is 17.8 Å². The first kappa shape index (κ1) is 21.7. The van der Waals surface area contributed by atoms with E-state index in [0.717, 1.165) is 16.9 Å². The summed E-state index contributed by atoms with van der Waals surface area (Å²) in [6.07, 6.45) is 4.74. The van der Waals surface area contributed by atoms with Crippen LogP contribution in [0, 0.1) is 0 Å². The van der Waals surface area contributed by atoms with E-state index in [-0.39, 0.29) is 5.75 Å². The monoisotopic (exact) mass is 415 g/mol. The highest BCUT2D eigenvalue weighted by Gasteiger charge is 2.23. The molecule has 6 heteroatoms. The van der Waals surface area contributed by atoms with Crippen LogP contribution in [0.5, 0.6) is 5.75 Å². The summed E-state index contributed by atoms with van der Waals surface area (Å²) in [6, 6.07) is 16.3. The van der Waals surface area contributed by atoms with Gasteiger partial charge in [0.2, 0.25) is 0 Å². The molecule has 29 heavy (non-hydrogen) atoms. The van der Waals surface area contributed by atoms with Gasteiger partial charge in [-0.25, -0.2) is 5.48 Å². The molecule has 0 saturated heterocycles. The molecule has 156 valence electrons. The van der Waals surface area contributed by atoms with Crippen LogP contribution >= 0.6 is 11.8 Å². The molecule has 0 bridgehead atoms. The summed E-state index contributed by atoms with van der Waals surface area (Å²) in [6.45, 7) is 0.499. The van der Waals surface area contributed by atoms with Crippen molar-refractivity contribution in [2.24, 2.45) is 0 Å². The van der Waals surface area contributed by atoms with E-state index in [1.165, 1.54) is 43.0 Å². The molecule has 0 heterocycles. The molecule has 1 atom stereocenters. The zero-order valence-electron chi connectivity index (χ0n) is 16.5. The Hall–Kier alpha value is -2.02. The Morgan fingerprint density at radius 3 is 2.62 bits per heavy atom. The van der Waals surface area contributed by atoms with E-state index in [1.807, 2.05) is 24.3 Å². The number of carbonyl (C=O) groups excluding carboxylic acids is 1. The molecule has 1 unspecified atom stereocenters. The van der Waals surface area contributed by atoms with Crippen LogP contribution in [0.1, 0.15) is 48.3 Å². The van der Waals surface area contributed by atoms with E-state index in [4.69, 9.17) is 9.94 Å². The average Bonchev–Trinajstić information content (AvgIpc) is 3.28. The van der Waals surface area contributed by atoms with E-state index < -0.39 is 12.0 Å². The van der Waals surface area contributed by atoms with Gasteiger partial charge in [-0.2, -0.15) is 0 Å². The topological polar surface area (TPSA) is 78.8 Å². The molecule has 1 fully saturated rings. The van der Waals surface area contributed by atoms with Gasteiger partial charge in [-0.05, 0) is 35.4 Å². The fourth-order valence-electron chi connectivity index (χ4n) is 3.86. The summed E-state index contributed by atoms with van der Waals surface area (Å²) >= 11 is 1.30. The number of aliphatic hydroxyl groups excluding tert-OH is 1. The lowest BCUT2D eigenvalue weighted by Gasteiger charge is -2.21. The standard InChI is InChI=1S/C23H29NO4S/c25-20(15-29-16-22(26)24-27)13-19-11-6-12-21(18-9-4-5-10-18)23(19)28-14-17-7-2-1-3-8-17/h1-3,6-8,11-12,18,20,25,27H,4-5,9-10,13-16H2,(H,24,26). The lowest BCUT2D eigenvalue weighted by molar-refractivity contribution is -0.126. The van der Waals surface area contributed by atoms with Crippen molar-refractivity contribution in [1.82, 2.24) is 5.48 Å². The lowest BCUT2D eigenvalue weighted by Crippen LogP contribution is -2.22. The maximum atomic E-state index is 11.1. The molecular formula is C23H29NO4S. The van der Waals surface area contributed by atoms with Crippen LogP contribution in [0.3, 0.4) is 0 Å². The van der Waals surface area contributed by atoms with Crippen molar-refractivity contribution in [2.45, 2.75) is 50.7 Å². The highest BCUT2D eigenvalue weighted by molar-refractivity contribution is 7.99. The minimum absolute atomic E-state index is 0.118. The Bertz CT molecular complexity index is 778. The van der Waals surface area contributed by atoms with Crippen molar-refractivity contribution in [1.29, 1.82) is 0 Å². The van der Waals surface area contributed by atoms with Crippen LogP contribution in [0.2, 0.25) is 0 Å². The molecular weight excluding hydrogens is 386 g/mol. The number of hydrogen-bond acceptors (Lipinski definition) is 5. The number of benzene rings is 2. The first-order valence-corrected chi connectivity index (χ1v) is 11.3. The Kier molecular flexibility index (Phi) is 8.40. The third-order valence-electron chi connectivity index (χ3n) is 5.27. The van der Waals surface area contributed by atoms with Gasteiger partial charge < -0.3 is 9.84 Å². The number of hydroxylamine groups is 1. The Morgan fingerprint density at radius 1 is 1.14 bits per heavy atom. The second-order valence-corrected chi connectivity index (χ2v) is 8.53. The number of nitrogens with one attached hydrogen (secondary N) is 1. The normalized spacial score (nSPS) is 15.2. The Balaban J connectivity index is 1.72. The molecule has 3 N–H and O–H groups in total. The molecule has 0 aliphatic heterocycles. The van der Waals surface area contributed by atoms with Gasteiger partial charge in [-0.3, -0.25) is 10.0 Å². The largest absolute Gasteiger partial charge is 0.488 e. The van der Waals surface area contributed by atoms with Gasteiger partial charge in [0.1, 0.15) is 12.4 Å². The Morgan fingerprint density at radius 2 is 1.90 bits per heavy atom. The number of hydrogen-bond donors (Lipinski definition) is 3. The van der Waals surface area contributed by atoms with Crippen molar-refractivity contribution >= 4 is 17.7 Å². The molecule has 1 aliphatic carbocycles. The third-order valence-corrected chi connectivity index (χ3v) is 6.36. The lowest BCUT2D eigenvalue weighted by atomic mass is 9.93. The number of thioether (sulfide) groups is 1. The van der Waals surface area contributed by atoms with Crippen LogP contribution in [0.4, 0.5) is 0 Å². The summed E-state index contributed by atoms with van der Waals surface area (Å²) in [4.78, 5) is 11.1. The number of aliphatic hydroxyl groups is 1. The van der Waals surface area contributed by atoms with Gasteiger partial charge in [0.05, 0.1) is 11.9 Å². The first-order chi connectivity index (χ1) is 14.2. The summed E-state index contributed by atoms with van der Waals surface area (Å²) in [5.74, 6) is 1.49. The summed E-state index contributed by atoms with van der Waals surface area (Å²) in [5, 5.41) is 19.1. The molecule has 2 aromatic rings. The second kappa shape index (κ2) is 11.2. The molecule has 1 amide bonds. The molecule has 2 aromatic carbocycles. The number of ether oxygens (including phenoxy) is 1. The fraction of sp³-hybridized carbons (Fsp3) is 0.435. The summed E-state index contributed by atoms with van der Waals surface area (Å²) in [5.41, 5.74) is 4.97. The smallest absolute Gasteiger partial charge is 0.253 e. The third kappa shape index (κ3) is 6.49. The van der Waals surface area contributed by atoms with Crippen LogP contribution in [0.15, 0.2) is 48.5 Å². The van der Waals surface area contributed by atoms with Gasteiger partial charge in [0.25, 0.3) is 5.91 Å². The summed E-state index contributed by atoms with van der Waals surface area (Å²) in [7, 11) is 0. The minimum Gasteiger partial charge on any atom is -0.488 e. The molecule has 5 nitrogen and oxygen atoms in total. The van der Waals surface area contributed by atoms with E-state index in [9.17, 15) is 9.90 Å². The van der Waals surface area contributed by atoms with Crippen molar-refractivity contribution in [3.05, 3.63) is 65.2 Å². The van der Waals surface area contributed by atoms with Gasteiger partial charge in [-0.1, -0.05) is 61.4 Å². The number of amides is 1. The van der Waals surface area contributed by atoms with E-state index in [1.54, 1.807) is 5.48 Å². The number of para-hydroxylation sites is 1. The van der Waals surface area contributed by atoms with Crippen LogP contribution < -0.4 is 10.2 Å². The second-order valence-electron chi connectivity index (χ2n) is 7.50. The van der Waals surface area contributed by atoms with Crippen molar-refractivity contribution in [3.63, 3.8) is 0 Å². The highest BCUT2D eigenvalue weighted by Crippen LogP contribution is 2.40. The van der Waals surface area contributed by atoms with Gasteiger partial charge in [-0.15, -0.1) is 11.8 Å². The molecule has 0 spiro atoms. The van der Waals surface area contributed by atoms with Gasteiger partial charge in [0, 0.05) is 12.2 Å². The first-order valence-electron chi connectivity index (χ1n) is 10.1. The average molecular weight is 416 g/mol. The zero-order chi connectivity index (χ0) is 20.5. The van der Waals surface area contributed by atoms with E-state index in [2.05, 4.69) is 24.3 Å². The predicted molar refractivity (Wildman–Crippen MR) is 115 cm³/mol. The Labute approximate surface area is 176 Å². The SMILES string of the molecule is O=C(CSCC(O)Cc1cccc(C2CCCC2)c1OCc1ccccc1)NO. The molecule has 0 radical (unpaired) electrons. The fourth-order valence-corrected chi connectivity index (χ4v) is 4.62. The summed E-state index contributed by atoms with van der Waals surface area (Å²) < 4.78 is 6.31. The van der Waals surface area contributed by atoms with Crippen LogP contribution in [0.25, 0.3) is 0 Å². The van der Waals surface area contributed by atoms with Gasteiger partial charge in [0.15, 0.2) is 0 Å². The maximum absolute atomic E-state index is 11.1. The highest BCUT2D eigenvalue weighted by atomic mass is 32.2. The quantitative estimate of drug-likeness (QED) is 0.403. The molecule has 1 saturated carbocycles. The molecule has 0 aromatic heterocycles. The van der Waals surface area contributed by atoms with Gasteiger partial charge >= 0.3 is 0 Å². The van der Waals surface area contributed by atoms with Crippen molar-refractivity contribution < 1.29 is 19.8 Å². The van der Waals surface area contributed by atoms with Crippen molar-refractivity contribution in [2.75, 3.05) is 11.5 Å². The minimum atomic E-state index is -0.593. The molecule has 3 rings (SSSR count). The number of rotatable bonds is 10. The zero-order valence-corrected chi connectivity index (χ0v) is 17.4. The van der Waals surface area contributed by atoms with Crippen LogP contribution in [-0.4, -0.2) is 33.8 Å². The van der Waals surface area contributed by atoms with Crippen molar-refractivity contribution in [3.8, 4) is 5.75 Å².